The largest absolute Gasteiger partial charge is 0.493 e. The van der Waals surface area contributed by atoms with E-state index in [9.17, 15) is 4.79 Å². The minimum Gasteiger partial charge on any atom is -0.493 e. The Hall–Kier alpha value is -1.53. The van der Waals surface area contributed by atoms with Gasteiger partial charge in [0, 0.05) is 6.54 Å². The lowest BCUT2D eigenvalue weighted by atomic mass is 9.97. The molecule has 0 amide bonds. The maximum absolute atomic E-state index is 11.0. The molecule has 1 aliphatic rings. The number of hydrogen-bond acceptors (Lipinski definition) is 4. The van der Waals surface area contributed by atoms with Crippen LogP contribution in [0.15, 0.2) is 29.3 Å². The van der Waals surface area contributed by atoms with Gasteiger partial charge in [-0.15, -0.1) is 0 Å². The third kappa shape index (κ3) is 4.72. The summed E-state index contributed by atoms with van der Waals surface area (Å²) in [5.74, 6) is 0.456. The van der Waals surface area contributed by atoms with E-state index in [0.29, 0.717) is 30.9 Å². The highest BCUT2D eigenvalue weighted by Crippen LogP contribution is 2.37. The van der Waals surface area contributed by atoms with Gasteiger partial charge >= 0.3 is 5.97 Å². The van der Waals surface area contributed by atoms with Crippen LogP contribution in [0.25, 0.3) is 0 Å². The van der Waals surface area contributed by atoms with Crippen LogP contribution in [-0.2, 0) is 11.3 Å². The molecule has 0 atom stereocenters. The molecule has 0 radical (unpaired) electrons. The summed E-state index contributed by atoms with van der Waals surface area (Å²) in [6.07, 6.45) is 3.09. The molecule has 6 heteroatoms. The van der Waals surface area contributed by atoms with Crippen LogP contribution in [-0.4, -0.2) is 42.8 Å². The number of ether oxygens (including phenoxy) is 2. The van der Waals surface area contributed by atoms with E-state index >= 15 is 0 Å². The number of carboxylic acids is 1. The van der Waals surface area contributed by atoms with Gasteiger partial charge in [0.05, 0.1) is 17.5 Å². The van der Waals surface area contributed by atoms with Crippen LogP contribution < -0.4 is 9.47 Å². The second-order valence-corrected chi connectivity index (χ2v) is 6.45. The molecule has 1 aromatic rings. The summed E-state index contributed by atoms with van der Waals surface area (Å²) in [5.41, 5.74) is 1.11. The lowest BCUT2D eigenvalue weighted by Gasteiger charge is -2.30. The number of carbonyl (C=O) groups is 1. The summed E-state index contributed by atoms with van der Waals surface area (Å²) in [6.45, 7) is 6.42. The van der Waals surface area contributed by atoms with Crippen LogP contribution in [0.5, 0.6) is 11.5 Å². The maximum Gasteiger partial charge on any atom is 0.306 e. The Balaban J connectivity index is 2.05. The van der Waals surface area contributed by atoms with Crippen molar-refractivity contribution >= 4 is 21.9 Å². The molecule has 0 aromatic heterocycles. The number of rotatable bonds is 7. The Kier molecular flexibility index (Phi) is 6.47. The molecule has 0 spiro atoms. The van der Waals surface area contributed by atoms with Gasteiger partial charge < -0.3 is 14.6 Å². The van der Waals surface area contributed by atoms with Gasteiger partial charge in [-0.3, -0.25) is 9.69 Å². The van der Waals surface area contributed by atoms with Gasteiger partial charge in [0.2, 0.25) is 0 Å². The standard InChI is InChI=1S/C17H22BrNO4/c1-3-8-23-16-14(18)9-12(10-15(16)22-2)11-19-6-4-13(5-7-19)17(20)21/h3,9-10,13H,1,4-8,11H2,2H3,(H,20,21). The Morgan fingerprint density at radius 2 is 2.17 bits per heavy atom. The molecule has 1 fully saturated rings. The first-order valence-corrected chi connectivity index (χ1v) is 8.39. The quantitative estimate of drug-likeness (QED) is 0.731. The average Bonchev–Trinajstić information content (AvgIpc) is 2.54. The number of methoxy groups -OCH3 is 1. The van der Waals surface area contributed by atoms with Crippen molar-refractivity contribution < 1.29 is 19.4 Å². The fraction of sp³-hybridized carbons (Fsp3) is 0.471. The normalized spacial score (nSPS) is 16.1. The average molecular weight is 384 g/mol. The third-order valence-corrected chi connectivity index (χ3v) is 4.57. The first-order valence-electron chi connectivity index (χ1n) is 7.60. The van der Waals surface area contributed by atoms with E-state index in [1.165, 1.54) is 0 Å². The number of hydrogen-bond donors (Lipinski definition) is 1. The third-order valence-electron chi connectivity index (χ3n) is 3.98. The molecule has 0 aliphatic carbocycles. The zero-order valence-corrected chi connectivity index (χ0v) is 14.8. The summed E-state index contributed by atoms with van der Waals surface area (Å²) in [5, 5.41) is 9.06. The minimum absolute atomic E-state index is 0.206. The topological polar surface area (TPSA) is 59.0 Å². The highest BCUT2D eigenvalue weighted by molar-refractivity contribution is 9.10. The zero-order chi connectivity index (χ0) is 16.8. The maximum atomic E-state index is 11.0. The SMILES string of the molecule is C=CCOc1c(Br)cc(CN2CCC(C(=O)O)CC2)cc1OC. The van der Waals surface area contributed by atoms with E-state index < -0.39 is 5.97 Å². The van der Waals surface area contributed by atoms with Crippen LogP contribution in [0.3, 0.4) is 0 Å². The van der Waals surface area contributed by atoms with Gasteiger partial charge in [-0.05, 0) is 59.6 Å². The molecule has 1 saturated heterocycles. The zero-order valence-electron chi connectivity index (χ0n) is 13.3. The molecule has 0 bridgehead atoms. The summed E-state index contributed by atoms with van der Waals surface area (Å²) in [4.78, 5) is 13.3. The van der Waals surface area contributed by atoms with E-state index in [-0.39, 0.29) is 5.92 Å². The molecular formula is C17H22BrNO4. The number of piperidine rings is 1. The van der Waals surface area contributed by atoms with E-state index in [2.05, 4.69) is 27.4 Å². The monoisotopic (exact) mass is 383 g/mol. The highest BCUT2D eigenvalue weighted by Gasteiger charge is 2.24. The molecule has 1 N–H and O–H groups in total. The number of nitrogens with zero attached hydrogens (tertiary/aromatic N) is 1. The molecule has 5 nitrogen and oxygen atoms in total. The van der Waals surface area contributed by atoms with Crippen LogP contribution in [0, 0.1) is 5.92 Å². The smallest absolute Gasteiger partial charge is 0.306 e. The number of benzene rings is 1. The van der Waals surface area contributed by atoms with Crippen LogP contribution in [0.2, 0.25) is 0 Å². The molecule has 1 heterocycles. The molecule has 1 aliphatic heterocycles. The number of halogens is 1. The molecule has 1 aromatic carbocycles. The van der Waals surface area contributed by atoms with E-state index in [1.54, 1.807) is 13.2 Å². The van der Waals surface area contributed by atoms with Crippen molar-refractivity contribution in [2.24, 2.45) is 5.92 Å². The van der Waals surface area contributed by atoms with Gasteiger partial charge in [0.15, 0.2) is 11.5 Å². The van der Waals surface area contributed by atoms with E-state index in [0.717, 1.165) is 29.7 Å². The Morgan fingerprint density at radius 3 is 2.74 bits per heavy atom. The predicted octanol–water partition coefficient (Wildman–Crippen LogP) is 3.32. The first-order chi connectivity index (χ1) is 11.0. The number of aliphatic carboxylic acids is 1. The second-order valence-electron chi connectivity index (χ2n) is 5.60. The Labute approximate surface area is 145 Å². The molecular weight excluding hydrogens is 362 g/mol. The molecule has 126 valence electrons. The number of carboxylic acid groups (broad SMARTS) is 1. The van der Waals surface area contributed by atoms with Crippen LogP contribution in [0.4, 0.5) is 0 Å². The molecule has 0 saturated carbocycles. The Bertz CT molecular complexity index is 568. The van der Waals surface area contributed by atoms with Crippen LogP contribution >= 0.6 is 15.9 Å². The fourth-order valence-electron chi connectivity index (χ4n) is 2.74. The van der Waals surface area contributed by atoms with Crippen molar-refractivity contribution in [3.8, 4) is 11.5 Å². The lowest BCUT2D eigenvalue weighted by molar-refractivity contribution is -0.143. The summed E-state index contributed by atoms with van der Waals surface area (Å²) >= 11 is 3.53. The lowest BCUT2D eigenvalue weighted by Crippen LogP contribution is -2.35. The van der Waals surface area contributed by atoms with Gasteiger partial charge in [-0.25, -0.2) is 0 Å². The van der Waals surface area contributed by atoms with Crippen molar-refractivity contribution in [3.05, 3.63) is 34.8 Å². The fourth-order valence-corrected chi connectivity index (χ4v) is 3.35. The Morgan fingerprint density at radius 1 is 1.48 bits per heavy atom. The first kappa shape index (κ1) is 17.8. The minimum atomic E-state index is -0.683. The van der Waals surface area contributed by atoms with Gasteiger partial charge in [0.25, 0.3) is 0 Å². The summed E-state index contributed by atoms with van der Waals surface area (Å²) in [6, 6.07) is 3.98. The molecule has 2 rings (SSSR count). The summed E-state index contributed by atoms with van der Waals surface area (Å²) in [7, 11) is 1.62. The predicted molar refractivity (Wildman–Crippen MR) is 92.0 cm³/mol. The second kappa shape index (κ2) is 8.36. The van der Waals surface area contributed by atoms with Crippen LogP contribution in [0.1, 0.15) is 18.4 Å². The van der Waals surface area contributed by atoms with Crippen molar-refractivity contribution in [3.63, 3.8) is 0 Å². The van der Waals surface area contributed by atoms with Crippen molar-refractivity contribution in [2.45, 2.75) is 19.4 Å². The van der Waals surface area contributed by atoms with Crippen molar-refractivity contribution in [2.75, 3.05) is 26.8 Å². The number of likely N-dealkylation sites (tertiary alicyclic amines) is 1. The van der Waals surface area contributed by atoms with E-state index in [1.807, 2.05) is 12.1 Å². The highest BCUT2D eigenvalue weighted by atomic mass is 79.9. The van der Waals surface area contributed by atoms with Gasteiger partial charge in [-0.2, -0.15) is 0 Å². The van der Waals surface area contributed by atoms with Gasteiger partial charge in [-0.1, -0.05) is 12.7 Å². The molecule has 0 unspecified atom stereocenters. The van der Waals surface area contributed by atoms with E-state index in [4.69, 9.17) is 14.6 Å². The van der Waals surface area contributed by atoms with Gasteiger partial charge in [0.1, 0.15) is 6.61 Å². The summed E-state index contributed by atoms with van der Waals surface area (Å²) < 4.78 is 11.9. The molecule has 23 heavy (non-hydrogen) atoms. The van der Waals surface area contributed by atoms with Crippen molar-refractivity contribution in [1.29, 1.82) is 0 Å². The van der Waals surface area contributed by atoms with Crippen molar-refractivity contribution in [1.82, 2.24) is 4.90 Å².